The third-order valence-corrected chi connectivity index (χ3v) is 6.03. The molecule has 0 radical (unpaired) electrons. The minimum Gasteiger partial charge on any atom is -0.435 e. The van der Waals surface area contributed by atoms with E-state index in [1.54, 1.807) is 17.7 Å². The average molecular weight is 512 g/mol. The topological polar surface area (TPSA) is 86.2 Å². The van der Waals surface area contributed by atoms with Crippen molar-refractivity contribution < 1.29 is 31.8 Å². The monoisotopic (exact) mass is 512 g/mol. The molecule has 2 aromatic heterocycles. The zero-order valence-electron chi connectivity index (χ0n) is 19.6. The van der Waals surface area contributed by atoms with E-state index in [1.807, 2.05) is 30.3 Å². The molecule has 0 saturated carbocycles. The summed E-state index contributed by atoms with van der Waals surface area (Å²) in [5.74, 6) is -0.848. The molecule has 3 aromatic carbocycles. The van der Waals surface area contributed by atoms with Crippen LogP contribution in [0.1, 0.15) is 17.2 Å². The second kappa shape index (κ2) is 9.41. The van der Waals surface area contributed by atoms with E-state index < -0.39 is 35.9 Å². The number of alkyl halides is 3. The zero-order chi connectivity index (χ0) is 26.3. The van der Waals surface area contributed by atoms with Crippen LogP contribution in [0.3, 0.4) is 0 Å². The van der Waals surface area contributed by atoms with E-state index in [0.29, 0.717) is 5.56 Å². The Morgan fingerprint density at radius 3 is 2.46 bits per heavy atom. The van der Waals surface area contributed by atoms with Crippen LogP contribution >= 0.6 is 0 Å². The highest BCUT2D eigenvalue weighted by atomic mass is 19.4. The number of aliphatic hydroxyl groups is 1. The molecule has 7 nitrogen and oxygen atoms in total. The van der Waals surface area contributed by atoms with Gasteiger partial charge in [0.05, 0.1) is 12.2 Å². The van der Waals surface area contributed by atoms with Crippen LogP contribution < -0.4 is 0 Å². The van der Waals surface area contributed by atoms with Crippen molar-refractivity contribution >= 4 is 11.1 Å². The maximum absolute atomic E-state index is 15.5. The van der Waals surface area contributed by atoms with E-state index in [-0.39, 0.29) is 33.9 Å². The lowest BCUT2D eigenvalue weighted by atomic mass is 9.94. The third-order valence-electron chi connectivity index (χ3n) is 6.03. The smallest absolute Gasteiger partial charge is 0.420 e. The largest absolute Gasteiger partial charge is 0.435 e. The van der Waals surface area contributed by atoms with Crippen molar-refractivity contribution in [3.05, 3.63) is 77.9 Å². The molecule has 2 heterocycles. The Kier molecular flexibility index (Phi) is 6.26. The molecule has 0 spiro atoms. The van der Waals surface area contributed by atoms with Crippen molar-refractivity contribution in [3.63, 3.8) is 0 Å². The number of halogens is 4. The number of aryl methyl sites for hydroxylation is 1. The van der Waals surface area contributed by atoms with Gasteiger partial charge in [0, 0.05) is 19.7 Å². The number of oxazole rings is 1. The van der Waals surface area contributed by atoms with Gasteiger partial charge in [-0.3, -0.25) is 0 Å². The van der Waals surface area contributed by atoms with Gasteiger partial charge in [0.1, 0.15) is 29.3 Å². The summed E-state index contributed by atoms with van der Waals surface area (Å²) in [6.07, 6.45) is -4.40. The van der Waals surface area contributed by atoms with Crippen LogP contribution in [0.15, 0.2) is 65.3 Å². The Morgan fingerprint density at radius 1 is 1.08 bits per heavy atom. The normalized spacial score (nSPS) is 12.8. The number of aromatic nitrogens is 4. The second-order valence-electron chi connectivity index (χ2n) is 8.32. The summed E-state index contributed by atoms with van der Waals surface area (Å²) in [6.45, 7) is -0.548. The van der Waals surface area contributed by atoms with E-state index >= 15 is 4.39 Å². The summed E-state index contributed by atoms with van der Waals surface area (Å²) in [5, 5.41) is 17.6. The van der Waals surface area contributed by atoms with E-state index in [1.165, 1.54) is 25.6 Å². The molecule has 5 rings (SSSR count). The molecule has 190 valence electrons. The van der Waals surface area contributed by atoms with E-state index in [2.05, 4.69) is 15.2 Å². The van der Waals surface area contributed by atoms with Crippen molar-refractivity contribution in [2.24, 2.45) is 7.05 Å². The summed E-state index contributed by atoms with van der Waals surface area (Å²) in [5.41, 5.74) is -0.402. The third kappa shape index (κ3) is 4.36. The predicted molar refractivity (Wildman–Crippen MR) is 127 cm³/mol. The molecule has 0 aliphatic carbocycles. The first-order valence-electron chi connectivity index (χ1n) is 11.1. The van der Waals surface area contributed by atoms with Crippen LogP contribution in [0.2, 0.25) is 0 Å². The predicted octanol–water partition coefficient (Wildman–Crippen LogP) is 5.80. The van der Waals surface area contributed by atoms with Gasteiger partial charge in [-0.25, -0.2) is 9.37 Å². The molecule has 0 aliphatic heterocycles. The van der Waals surface area contributed by atoms with Gasteiger partial charge in [-0.2, -0.15) is 13.2 Å². The van der Waals surface area contributed by atoms with Crippen LogP contribution in [0.25, 0.3) is 45.1 Å². The number of benzene rings is 3. The summed E-state index contributed by atoms with van der Waals surface area (Å²) >= 11 is 0. The first kappa shape index (κ1) is 24.6. The molecule has 1 unspecified atom stereocenters. The first-order valence-corrected chi connectivity index (χ1v) is 11.1. The molecular weight excluding hydrogens is 492 g/mol. The number of rotatable bonds is 6. The summed E-state index contributed by atoms with van der Waals surface area (Å²) in [4.78, 5) is 4.26. The fourth-order valence-corrected chi connectivity index (χ4v) is 4.26. The lowest BCUT2D eigenvalue weighted by Gasteiger charge is -2.15. The average Bonchev–Trinajstić information content (AvgIpc) is 3.49. The van der Waals surface area contributed by atoms with Gasteiger partial charge in [0.2, 0.25) is 5.89 Å². The van der Waals surface area contributed by atoms with Gasteiger partial charge in [0.15, 0.2) is 11.4 Å². The summed E-state index contributed by atoms with van der Waals surface area (Å²) < 4.78 is 69.8. The van der Waals surface area contributed by atoms with Crippen molar-refractivity contribution in [2.75, 3.05) is 13.7 Å². The highest BCUT2D eigenvalue weighted by Crippen LogP contribution is 2.43. The van der Waals surface area contributed by atoms with Crippen LogP contribution in [0.5, 0.6) is 0 Å². The van der Waals surface area contributed by atoms with Crippen LogP contribution in [0.4, 0.5) is 17.6 Å². The highest BCUT2D eigenvalue weighted by Gasteiger charge is 2.37. The van der Waals surface area contributed by atoms with E-state index in [4.69, 9.17) is 9.15 Å². The highest BCUT2D eigenvalue weighted by molar-refractivity contribution is 5.92. The maximum atomic E-state index is 15.5. The molecular formula is C26H20F4N4O3. The molecule has 1 N–H and O–H groups in total. The van der Waals surface area contributed by atoms with Gasteiger partial charge in [-0.1, -0.05) is 36.4 Å². The lowest BCUT2D eigenvalue weighted by Crippen LogP contribution is -2.10. The number of hydrogen-bond donors (Lipinski definition) is 1. The first-order chi connectivity index (χ1) is 17.7. The van der Waals surface area contributed by atoms with Gasteiger partial charge in [-0.15, -0.1) is 10.2 Å². The minimum absolute atomic E-state index is 0.0525. The van der Waals surface area contributed by atoms with Crippen LogP contribution in [-0.2, 0) is 18.0 Å². The Morgan fingerprint density at radius 2 is 1.84 bits per heavy atom. The number of nitrogens with zero attached hydrogens (tertiary/aromatic N) is 4. The molecule has 0 fully saturated rings. The van der Waals surface area contributed by atoms with Gasteiger partial charge < -0.3 is 18.8 Å². The number of methoxy groups -OCH3 is 1. The number of ether oxygens (including phenoxy) is 1. The SMILES string of the molecule is COC(CO)c1cc(C(F)(F)F)c2oc(-c3c(F)ccc(-c4ccccc4)c3-c3nncn3C)nc2c1. The van der Waals surface area contributed by atoms with Crippen molar-refractivity contribution in [3.8, 4) is 34.0 Å². The Bertz CT molecular complexity index is 1570. The van der Waals surface area contributed by atoms with Crippen LogP contribution in [0, 0.1) is 5.82 Å². The molecule has 0 bridgehead atoms. The molecule has 0 aliphatic rings. The molecule has 1 atom stereocenters. The Balaban J connectivity index is 1.83. The maximum Gasteiger partial charge on any atom is 0.420 e. The van der Waals surface area contributed by atoms with Gasteiger partial charge >= 0.3 is 6.18 Å². The van der Waals surface area contributed by atoms with Crippen molar-refractivity contribution in [1.29, 1.82) is 0 Å². The number of hydrogen-bond acceptors (Lipinski definition) is 6. The summed E-state index contributed by atoms with van der Waals surface area (Å²) in [7, 11) is 2.93. The number of aliphatic hydroxyl groups excluding tert-OH is 1. The summed E-state index contributed by atoms with van der Waals surface area (Å²) in [6, 6.07) is 14.0. The number of fused-ring (bicyclic) bond motifs is 1. The van der Waals surface area contributed by atoms with E-state index in [0.717, 1.165) is 11.6 Å². The second-order valence-corrected chi connectivity index (χ2v) is 8.32. The minimum atomic E-state index is -4.81. The van der Waals surface area contributed by atoms with Crippen molar-refractivity contribution in [1.82, 2.24) is 19.7 Å². The van der Waals surface area contributed by atoms with Crippen LogP contribution in [-0.4, -0.2) is 38.6 Å². The molecule has 37 heavy (non-hydrogen) atoms. The van der Waals surface area contributed by atoms with Gasteiger partial charge in [-0.05, 0) is 34.9 Å². The van der Waals surface area contributed by atoms with E-state index in [9.17, 15) is 18.3 Å². The standard InChI is InChI=1S/C26H20F4N4O3/c1-34-13-31-33-24(34)21-16(14-6-4-3-5-7-14)8-9-18(27)22(21)25-32-19-11-15(20(12-35)36-2)10-17(23(19)37-25)26(28,29)30/h3-11,13,20,35H,12H2,1-2H3. The molecule has 0 amide bonds. The Hall–Kier alpha value is -4.09. The quantitative estimate of drug-likeness (QED) is 0.290. The molecule has 11 heteroatoms. The lowest BCUT2D eigenvalue weighted by molar-refractivity contribution is -0.137. The Labute approximate surface area is 208 Å². The zero-order valence-corrected chi connectivity index (χ0v) is 19.6. The fourth-order valence-electron chi connectivity index (χ4n) is 4.26. The van der Waals surface area contributed by atoms with Gasteiger partial charge in [0.25, 0.3) is 0 Å². The fraction of sp³-hybridized carbons (Fsp3) is 0.192. The molecule has 5 aromatic rings. The van der Waals surface area contributed by atoms with Crippen molar-refractivity contribution in [2.45, 2.75) is 12.3 Å². The molecule has 0 saturated heterocycles.